The van der Waals surface area contributed by atoms with Gasteiger partial charge < -0.3 is 9.47 Å². The van der Waals surface area contributed by atoms with E-state index >= 15 is 0 Å². The van der Waals surface area contributed by atoms with Crippen LogP contribution in [0.3, 0.4) is 0 Å². The molecular weight excluding hydrogens is 290 g/mol. The second-order valence-corrected chi connectivity index (χ2v) is 7.09. The number of ether oxygens (including phenoxy) is 2. The van der Waals surface area contributed by atoms with Crippen LogP contribution in [0.5, 0.6) is 11.5 Å². The third-order valence-electron chi connectivity index (χ3n) is 5.19. The van der Waals surface area contributed by atoms with Gasteiger partial charge in [-0.25, -0.2) is 0 Å². The number of hydrogen-bond acceptors (Lipinski definition) is 4. The van der Waals surface area contributed by atoms with E-state index in [0.717, 1.165) is 37.4 Å². The zero-order valence-corrected chi connectivity index (χ0v) is 14.6. The number of hydrogen-bond donors (Lipinski definition) is 0. The number of fused-ring (bicyclic) bond motifs is 3. The molecular formula is C19H27NO3. The van der Waals surface area contributed by atoms with E-state index in [2.05, 4.69) is 30.9 Å². The smallest absolute Gasteiger partial charge is 0.161 e. The second-order valence-electron chi connectivity index (χ2n) is 7.09. The van der Waals surface area contributed by atoms with Crippen LogP contribution in [0, 0.1) is 11.8 Å². The van der Waals surface area contributed by atoms with Crippen molar-refractivity contribution in [3.8, 4) is 11.5 Å². The number of benzene rings is 1. The van der Waals surface area contributed by atoms with Crippen molar-refractivity contribution in [2.75, 3.05) is 27.3 Å². The molecule has 1 saturated heterocycles. The highest BCUT2D eigenvalue weighted by Crippen LogP contribution is 2.44. The number of nitrogens with zero attached hydrogens (tertiary/aromatic N) is 1. The number of methoxy groups -OCH3 is 2. The number of carbonyl (C=O) groups is 1. The van der Waals surface area contributed by atoms with Crippen molar-refractivity contribution in [1.82, 2.24) is 4.90 Å². The SMILES string of the molecule is COc1cc2c(cc1OC)[C@@H]1[C@@H](CC(C)C)C(=O)CCN1CC2. The summed E-state index contributed by atoms with van der Waals surface area (Å²) in [5.74, 6) is 2.58. The molecule has 0 aromatic heterocycles. The topological polar surface area (TPSA) is 38.8 Å². The molecule has 4 nitrogen and oxygen atoms in total. The lowest BCUT2D eigenvalue weighted by molar-refractivity contribution is -0.130. The highest BCUT2D eigenvalue weighted by Gasteiger charge is 2.41. The van der Waals surface area contributed by atoms with E-state index in [4.69, 9.17) is 9.47 Å². The summed E-state index contributed by atoms with van der Waals surface area (Å²) in [5.41, 5.74) is 2.56. The Morgan fingerprint density at radius 2 is 1.78 bits per heavy atom. The van der Waals surface area contributed by atoms with Crippen LogP contribution < -0.4 is 9.47 Å². The molecule has 4 heteroatoms. The summed E-state index contributed by atoms with van der Waals surface area (Å²) >= 11 is 0. The molecule has 0 spiro atoms. The molecule has 23 heavy (non-hydrogen) atoms. The molecule has 0 amide bonds. The minimum Gasteiger partial charge on any atom is -0.493 e. The van der Waals surface area contributed by atoms with Crippen molar-refractivity contribution in [2.45, 2.75) is 39.2 Å². The Labute approximate surface area is 138 Å². The van der Waals surface area contributed by atoms with Gasteiger partial charge in [0, 0.05) is 31.5 Å². The van der Waals surface area contributed by atoms with Gasteiger partial charge >= 0.3 is 0 Å². The van der Waals surface area contributed by atoms with E-state index in [9.17, 15) is 4.79 Å². The molecule has 3 rings (SSSR count). The molecule has 0 unspecified atom stereocenters. The van der Waals surface area contributed by atoms with Gasteiger partial charge in [0.1, 0.15) is 5.78 Å². The fourth-order valence-corrected chi connectivity index (χ4v) is 4.13. The van der Waals surface area contributed by atoms with Crippen LogP contribution in [-0.4, -0.2) is 38.0 Å². The molecule has 0 N–H and O–H groups in total. The van der Waals surface area contributed by atoms with E-state index in [-0.39, 0.29) is 12.0 Å². The summed E-state index contributed by atoms with van der Waals surface area (Å²) in [6.07, 6.45) is 2.65. The average Bonchev–Trinajstić information content (AvgIpc) is 2.55. The first kappa shape index (κ1) is 16.3. The predicted molar refractivity (Wildman–Crippen MR) is 90.1 cm³/mol. The molecule has 1 fully saturated rings. The van der Waals surface area contributed by atoms with Gasteiger partial charge in [-0.1, -0.05) is 13.8 Å². The third kappa shape index (κ3) is 2.97. The zero-order valence-electron chi connectivity index (χ0n) is 14.6. The van der Waals surface area contributed by atoms with Crippen molar-refractivity contribution in [3.63, 3.8) is 0 Å². The molecule has 0 bridgehead atoms. The maximum atomic E-state index is 12.6. The van der Waals surface area contributed by atoms with Gasteiger partial charge in [0.05, 0.1) is 14.2 Å². The molecule has 0 radical (unpaired) electrons. The number of rotatable bonds is 4. The maximum Gasteiger partial charge on any atom is 0.161 e. The minimum atomic E-state index is 0.0981. The number of ketones is 1. The van der Waals surface area contributed by atoms with Gasteiger partial charge in [0.15, 0.2) is 11.5 Å². The van der Waals surface area contributed by atoms with Crippen molar-refractivity contribution >= 4 is 5.78 Å². The van der Waals surface area contributed by atoms with E-state index in [1.807, 2.05) is 0 Å². The fraction of sp³-hybridized carbons (Fsp3) is 0.632. The van der Waals surface area contributed by atoms with Crippen molar-refractivity contribution in [2.24, 2.45) is 11.8 Å². The van der Waals surface area contributed by atoms with Crippen molar-refractivity contribution in [3.05, 3.63) is 23.3 Å². The first-order valence-corrected chi connectivity index (χ1v) is 8.56. The van der Waals surface area contributed by atoms with Crippen LogP contribution in [0.1, 0.15) is 43.9 Å². The lowest BCUT2D eigenvalue weighted by Gasteiger charge is -2.45. The fourth-order valence-electron chi connectivity index (χ4n) is 4.13. The summed E-state index contributed by atoms with van der Waals surface area (Å²) in [7, 11) is 3.34. The predicted octanol–water partition coefficient (Wildman–Crippen LogP) is 3.24. The highest BCUT2D eigenvalue weighted by molar-refractivity contribution is 5.83. The van der Waals surface area contributed by atoms with E-state index in [0.29, 0.717) is 18.1 Å². The average molecular weight is 317 g/mol. The minimum absolute atomic E-state index is 0.0981. The molecule has 2 atom stereocenters. The Bertz CT molecular complexity index is 597. The van der Waals surface area contributed by atoms with Crippen LogP contribution in [0.4, 0.5) is 0 Å². The largest absolute Gasteiger partial charge is 0.493 e. The molecule has 1 aromatic rings. The lowest BCUT2D eigenvalue weighted by atomic mass is 9.75. The van der Waals surface area contributed by atoms with E-state index in [1.54, 1.807) is 14.2 Å². The number of carbonyl (C=O) groups excluding carboxylic acids is 1. The van der Waals surface area contributed by atoms with Crippen LogP contribution in [0.25, 0.3) is 0 Å². The van der Waals surface area contributed by atoms with Crippen LogP contribution >= 0.6 is 0 Å². The molecule has 1 aromatic carbocycles. The van der Waals surface area contributed by atoms with Gasteiger partial charge in [-0.3, -0.25) is 9.69 Å². The standard InChI is InChI=1S/C19H27NO3/c1-12(2)9-15-16(21)6-8-20-7-5-13-10-17(22-3)18(23-4)11-14(13)19(15)20/h10-12,15,19H,5-9H2,1-4H3/t15-,19+/m0/s1. The van der Waals surface area contributed by atoms with Gasteiger partial charge in [0.25, 0.3) is 0 Å². The van der Waals surface area contributed by atoms with Gasteiger partial charge in [-0.2, -0.15) is 0 Å². The monoisotopic (exact) mass is 317 g/mol. The number of piperidine rings is 1. The van der Waals surface area contributed by atoms with Gasteiger partial charge in [0.2, 0.25) is 0 Å². The van der Waals surface area contributed by atoms with E-state index in [1.165, 1.54) is 11.1 Å². The Kier molecular flexibility index (Phi) is 4.62. The van der Waals surface area contributed by atoms with E-state index < -0.39 is 0 Å². The first-order valence-electron chi connectivity index (χ1n) is 8.56. The highest BCUT2D eigenvalue weighted by atomic mass is 16.5. The summed E-state index contributed by atoms with van der Waals surface area (Å²) in [5, 5.41) is 0. The summed E-state index contributed by atoms with van der Waals surface area (Å²) in [6, 6.07) is 4.38. The molecule has 2 aliphatic heterocycles. The van der Waals surface area contributed by atoms with Gasteiger partial charge in [-0.05, 0) is 42.0 Å². The van der Waals surface area contributed by atoms with Crippen LogP contribution in [-0.2, 0) is 11.2 Å². The molecule has 126 valence electrons. The number of Topliss-reactive ketones (excluding diaryl/α,β-unsaturated/α-hetero) is 1. The second kappa shape index (κ2) is 6.52. The maximum absolute atomic E-state index is 12.6. The first-order chi connectivity index (χ1) is 11.0. The molecule has 0 saturated carbocycles. The van der Waals surface area contributed by atoms with Crippen LogP contribution in [0.2, 0.25) is 0 Å². The summed E-state index contributed by atoms with van der Waals surface area (Å²) < 4.78 is 10.9. The van der Waals surface area contributed by atoms with Crippen molar-refractivity contribution in [1.29, 1.82) is 0 Å². The Hall–Kier alpha value is -1.55. The Balaban J connectivity index is 2.05. The lowest BCUT2D eigenvalue weighted by Crippen LogP contribution is -2.47. The van der Waals surface area contributed by atoms with Crippen LogP contribution in [0.15, 0.2) is 12.1 Å². The normalized spacial score (nSPS) is 24.3. The van der Waals surface area contributed by atoms with Crippen molar-refractivity contribution < 1.29 is 14.3 Å². The quantitative estimate of drug-likeness (QED) is 0.854. The van der Waals surface area contributed by atoms with Gasteiger partial charge in [-0.15, -0.1) is 0 Å². The molecule has 0 aliphatic carbocycles. The Morgan fingerprint density at radius 1 is 1.13 bits per heavy atom. The zero-order chi connectivity index (χ0) is 16.6. The molecule has 2 heterocycles. The summed E-state index contributed by atoms with van der Waals surface area (Å²) in [4.78, 5) is 15.1. The third-order valence-corrected chi connectivity index (χ3v) is 5.19. The summed E-state index contributed by atoms with van der Waals surface area (Å²) in [6.45, 7) is 6.30. The Morgan fingerprint density at radius 3 is 2.43 bits per heavy atom. The molecule has 2 aliphatic rings.